The molecule has 0 aromatic heterocycles. The van der Waals surface area contributed by atoms with Crippen molar-refractivity contribution >= 4 is 29.2 Å². The van der Waals surface area contributed by atoms with Gasteiger partial charge in [-0.1, -0.05) is 37.8 Å². The molecule has 1 unspecified atom stereocenters. The van der Waals surface area contributed by atoms with Gasteiger partial charge in [0.15, 0.2) is 6.10 Å². The van der Waals surface area contributed by atoms with E-state index >= 15 is 0 Å². The van der Waals surface area contributed by atoms with Crippen molar-refractivity contribution in [3.8, 4) is 5.75 Å². The Balaban J connectivity index is 1.87. The van der Waals surface area contributed by atoms with Crippen LogP contribution >= 0.6 is 11.6 Å². The Labute approximate surface area is 183 Å². The molecule has 0 aliphatic rings. The second-order valence-electron chi connectivity index (χ2n) is 7.39. The Kier molecular flexibility index (Phi) is 9.18. The second-order valence-corrected chi connectivity index (χ2v) is 7.77. The molecule has 2 aromatic rings. The lowest BCUT2D eigenvalue weighted by atomic mass is 10.1. The number of amides is 1. The van der Waals surface area contributed by atoms with Gasteiger partial charge in [0.1, 0.15) is 5.75 Å². The maximum absolute atomic E-state index is 12.4. The predicted octanol–water partition coefficient (Wildman–Crippen LogP) is 6.10. The van der Waals surface area contributed by atoms with Crippen molar-refractivity contribution in [2.45, 2.75) is 59.5 Å². The summed E-state index contributed by atoms with van der Waals surface area (Å²) in [4.78, 5) is 24.5. The molecule has 0 saturated heterocycles. The Morgan fingerprint density at radius 2 is 1.67 bits per heavy atom. The average Bonchev–Trinajstić information content (AvgIpc) is 2.72. The standard InChI is InChI=1S/C24H30ClNO4/c1-5-6-7-8-13-29-24(28)19-9-11-20(12-10-19)26-23(27)18(4)30-21-14-16(2)22(25)17(3)15-21/h9-12,14-15,18H,5-8,13H2,1-4H3,(H,26,27). The fourth-order valence-electron chi connectivity index (χ4n) is 2.94. The Hall–Kier alpha value is -2.53. The molecule has 2 aromatic carbocycles. The van der Waals surface area contributed by atoms with Crippen LogP contribution in [0.1, 0.15) is 61.0 Å². The van der Waals surface area contributed by atoms with E-state index in [9.17, 15) is 9.59 Å². The summed E-state index contributed by atoms with van der Waals surface area (Å²) >= 11 is 6.17. The number of ether oxygens (including phenoxy) is 2. The third-order valence-electron chi connectivity index (χ3n) is 4.71. The first kappa shape index (κ1) is 23.7. The zero-order valence-corrected chi connectivity index (χ0v) is 18.8. The molecule has 0 aliphatic heterocycles. The smallest absolute Gasteiger partial charge is 0.338 e. The highest BCUT2D eigenvalue weighted by Crippen LogP contribution is 2.26. The summed E-state index contributed by atoms with van der Waals surface area (Å²) in [5, 5.41) is 3.49. The molecule has 6 heteroatoms. The highest BCUT2D eigenvalue weighted by Gasteiger charge is 2.16. The van der Waals surface area contributed by atoms with E-state index in [2.05, 4.69) is 12.2 Å². The molecule has 1 N–H and O–H groups in total. The van der Waals surface area contributed by atoms with Crippen molar-refractivity contribution in [1.82, 2.24) is 0 Å². The quantitative estimate of drug-likeness (QED) is 0.364. The van der Waals surface area contributed by atoms with Crippen LogP contribution in [-0.2, 0) is 9.53 Å². The van der Waals surface area contributed by atoms with Crippen LogP contribution in [0.3, 0.4) is 0 Å². The third kappa shape index (κ3) is 7.06. The molecular weight excluding hydrogens is 402 g/mol. The number of rotatable bonds is 10. The Morgan fingerprint density at radius 3 is 2.27 bits per heavy atom. The molecular formula is C24H30ClNO4. The Morgan fingerprint density at radius 1 is 1.03 bits per heavy atom. The van der Waals surface area contributed by atoms with Crippen LogP contribution in [0, 0.1) is 13.8 Å². The number of aryl methyl sites for hydroxylation is 2. The topological polar surface area (TPSA) is 64.6 Å². The molecule has 30 heavy (non-hydrogen) atoms. The minimum atomic E-state index is -0.697. The fourth-order valence-corrected chi connectivity index (χ4v) is 3.05. The minimum absolute atomic E-state index is 0.286. The van der Waals surface area contributed by atoms with Crippen molar-refractivity contribution in [3.63, 3.8) is 0 Å². The van der Waals surface area contributed by atoms with Crippen LogP contribution in [0.4, 0.5) is 5.69 Å². The molecule has 0 spiro atoms. The first-order valence-electron chi connectivity index (χ1n) is 10.3. The van der Waals surface area contributed by atoms with Gasteiger partial charge >= 0.3 is 5.97 Å². The van der Waals surface area contributed by atoms with Gasteiger partial charge < -0.3 is 14.8 Å². The highest BCUT2D eigenvalue weighted by atomic mass is 35.5. The number of anilines is 1. The van der Waals surface area contributed by atoms with Gasteiger partial charge in [-0.3, -0.25) is 4.79 Å². The van der Waals surface area contributed by atoms with Gasteiger partial charge in [-0.05, 0) is 74.7 Å². The number of carbonyl (C=O) groups is 2. The van der Waals surface area contributed by atoms with E-state index in [1.165, 1.54) is 0 Å². The van der Waals surface area contributed by atoms with Gasteiger partial charge in [-0.25, -0.2) is 4.79 Å². The van der Waals surface area contributed by atoms with Crippen molar-refractivity contribution in [2.24, 2.45) is 0 Å². The minimum Gasteiger partial charge on any atom is -0.481 e. The molecule has 0 heterocycles. The second kappa shape index (κ2) is 11.6. The lowest BCUT2D eigenvalue weighted by Gasteiger charge is -2.16. The van der Waals surface area contributed by atoms with Gasteiger partial charge in [-0.15, -0.1) is 0 Å². The van der Waals surface area contributed by atoms with E-state index in [1.807, 2.05) is 26.0 Å². The fraction of sp³-hybridized carbons (Fsp3) is 0.417. The summed E-state index contributed by atoms with van der Waals surface area (Å²) in [7, 11) is 0. The summed E-state index contributed by atoms with van der Waals surface area (Å²) in [6.45, 7) is 8.03. The molecule has 2 rings (SSSR count). The third-order valence-corrected chi connectivity index (χ3v) is 5.31. The zero-order chi connectivity index (χ0) is 22.1. The van der Waals surface area contributed by atoms with Crippen LogP contribution in [0.25, 0.3) is 0 Å². The van der Waals surface area contributed by atoms with E-state index in [-0.39, 0.29) is 11.9 Å². The van der Waals surface area contributed by atoms with E-state index in [0.717, 1.165) is 36.8 Å². The molecule has 0 fully saturated rings. The number of hydrogen-bond donors (Lipinski definition) is 1. The van der Waals surface area contributed by atoms with Crippen LogP contribution in [0.5, 0.6) is 5.75 Å². The molecule has 162 valence electrons. The van der Waals surface area contributed by atoms with Crippen LogP contribution < -0.4 is 10.1 Å². The molecule has 5 nitrogen and oxygen atoms in total. The number of hydrogen-bond acceptors (Lipinski definition) is 4. The van der Waals surface area contributed by atoms with Crippen LogP contribution in [0.2, 0.25) is 5.02 Å². The van der Waals surface area contributed by atoms with Crippen molar-refractivity contribution in [1.29, 1.82) is 0 Å². The molecule has 0 aliphatic carbocycles. The molecule has 0 radical (unpaired) electrons. The lowest BCUT2D eigenvalue weighted by molar-refractivity contribution is -0.122. The maximum Gasteiger partial charge on any atom is 0.338 e. The monoisotopic (exact) mass is 431 g/mol. The summed E-state index contributed by atoms with van der Waals surface area (Å²) in [6, 6.07) is 10.2. The van der Waals surface area contributed by atoms with E-state index in [1.54, 1.807) is 31.2 Å². The van der Waals surface area contributed by atoms with Gasteiger partial charge in [0, 0.05) is 10.7 Å². The largest absolute Gasteiger partial charge is 0.481 e. The molecule has 1 atom stereocenters. The highest BCUT2D eigenvalue weighted by molar-refractivity contribution is 6.32. The van der Waals surface area contributed by atoms with E-state index < -0.39 is 6.10 Å². The first-order chi connectivity index (χ1) is 14.3. The van der Waals surface area contributed by atoms with Crippen LogP contribution in [-0.4, -0.2) is 24.6 Å². The van der Waals surface area contributed by atoms with Gasteiger partial charge in [0.25, 0.3) is 5.91 Å². The number of halogens is 1. The first-order valence-corrected chi connectivity index (χ1v) is 10.7. The number of esters is 1. The summed E-state index contributed by atoms with van der Waals surface area (Å²) in [5.74, 6) is -0.0462. The predicted molar refractivity (Wildman–Crippen MR) is 121 cm³/mol. The van der Waals surface area contributed by atoms with E-state index in [0.29, 0.717) is 28.6 Å². The van der Waals surface area contributed by atoms with Gasteiger partial charge in [-0.2, -0.15) is 0 Å². The summed E-state index contributed by atoms with van der Waals surface area (Å²) in [6.07, 6.45) is 3.52. The lowest BCUT2D eigenvalue weighted by Crippen LogP contribution is -2.30. The summed E-state index contributed by atoms with van der Waals surface area (Å²) in [5.41, 5.74) is 2.83. The average molecular weight is 432 g/mol. The van der Waals surface area contributed by atoms with E-state index in [4.69, 9.17) is 21.1 Å². The molecule has 1 amide bonds. The van der Waals surface area contributed by atoms with Crippen molar-refractivity contribution in [2.75, 3.05) is 11.9 Å². The SMILES string of the molecule is CCCCCCOC(=O)c1ccc(NC(=O)C(C)Oc2cc(C)c(Cl)c(C)c2)cc1. The number of unbranched alkanes of at least 4 members (excludes halogenated alkanes) is 3. The molecule has 0 saturated carbocycles. The maximum atomic E-state index is 12.4. The number of benzene rings is 2. The normalized spacial score (nSPS) is 11.6. The molecule has 0 bridgehead atoms. The van der Waals surface area contributed by atoms with Crippen LogP contribution in [0.15, 0.2) is 36.4 Å². The number of carbonyl (C=O) groups excluding carboxylic acids is 2. The van der Waals surface area contributed by atoms with Gasteiger partial charge in [0.05, 0.1) is 12.2 Å². The zero-order valence-electron chi connectivity index (χ0n) is 18.1. The van der Waals surface area contributed by atoms with Crippen molar-refractivity contribution < 1.29 is 19.1 Å². The summed E-state index contributed by atoms with van der Waals surface area (Å²) < 4.78 is 11.0. The Bertz CT molecular complexity index is 841. The van der Waals surface area contributed by atoms with Gasteiger partial charge in [0.2, 0.25) is 0 Å². The number of nitrogens with one attached hydrogen (secondary N) is 1. The van der Waals surface area contributed by atoms with Crippen molar-refractivity contribution in [3.05, 3.63) is 58.1 Å².